The molecule has 3 aliphatic rings. The Morgan fingerprint density at radius 3 is 2.72 bits per heavy atom. The second kappa shape index (κ2) is 7.02. The fourth-order valence-electron chi connectivity index (χ4n) is 4.93. The van der Waals surface area contributed by atoms with Crippen LogP contribution in [-0.2, 0) is 9.53 Å². The predicted molar refractivity (Wildman–Crippen MR) is 107 cm³/mol. The van der Waals surface area contributed by atoms with E-state index in [9.17, 15) is 9.59 Å². The highest BCUT2D eigenvalue weighted by atomic mass is 16.5. The number of anilines is 1. The van der Waals surface area contributed by atoms with Crippen molar-refractivity contribution < 1.29 is 18.7 Å². The van der Waals surface area contributed by atoms with Crippen LogP contribution in [0.4, 0.5) is 10.6 Å². The molecule has 3 amide bonds. The van der Waals surface area contributed by atoms with Gasteiger partial charge in [-0.3, -0.25) is 19.6 Å². The SMILES string of the molecule is Cc1cc(N2CCC3(CC2)NC(=O)N(CC2CCOCC2)C3=O)[n+]2c[nH]cc2c1. The van der Waals surface area contributed by atoms with Crippen LogP contribution >= 0.6 is 0 Å². The number of carbonyl (C=O) groups is 2. The van der Waals surface area contributed by atoms with Crippen LogP contribution in [-0.4, -0.2) is 60.2 Å². The number of aromatic nitrogens is 2. The van der Waals surface area contributed by atoms with Gasteiger partial charge in [-0.2, -0.15) is 0 Å². The highest BCUT2D eigenvalue weighted by Crippen LogP contribution is 2.32. The number of imide groups is 1. The molecule has 2 aromatic rings. The Labute approximate surface area is 169 Å². The van der Waals surface area contributed by atoms with E-state index < -0.39 is 5.54 Å². The van der Waals surface area contributed by atoms with E-state index in [0.29, 0.717) is 25.3 Å². The molecule has 2 N–H and O–H groups in total. The van der Waals surface area contributed by atoms with Crippen molar-refractivity contribution in [1.82, 2.24) is 15.2 Å². The van der Waals surface area contributed by atoms with Crippen molar-refractivity contribution in [1.29, 1.82) is 0 Å². The van der Waals surface area contributed by atoms with Crippen molar-refractivity contribution in [3.05, 3.63) is 30.2 Å². The number of ether oxygens (including phenoxy) is 1. The standard InChI is InChI=1S/C21H27N5O3/c1-15-10-17-12-22-14-26(17)18(11-15)24-6-4-21(5-7-24)19(27)25(20(28)23-21)13-16-2-8-29-9-3-16/h10-12,14,16H,2-9,13H2,1H3,(H,23,28)/p+1. The minimum absolute atomic E-state index is 0.0441. The van der Waals surface area contributed by atoms with E-state index in [2.05, 4.69) is 38.7 Å². The number of amides is 3. The third-order valence-electron chi connectivity index (χ3n) is 6.66. The monoisotopic (exact) mass is 398 g/mol. The fraction of sp³-hybridized carbons (Fsp3) is 0.571. The number of imidazole rings is 1. The van der Waals surface area contributed by atoms with Crippen molar-refractivity contribution in [2.75, 3.05) is 37.7 Å². The molecule has 0 unspecified atom stereocenters. The minimum Gasteiger partial charge on any atom is -0.381 e. The van der Waals surface area contributed by atoms with E-state index in [1.54, 1.807) is 0 Å². The molecular formula is C21H28N5O3+. The van der Waals surface area contributed by atoms with E-state index in [4.69, 9.17) is 4.74 Å². The summed E-state index contributed by atoms with van der Waals surface area (Å²) < 4.78 is 7.54. The van der Waals surface area contributed by atoms with Crippen molar-refractivity contribution in [3.8, 4) is 0 Å². The lowest BCUT2D eigenvalue weighted by atomic mass is 9.87. The quantitative estimate of drug-likeness (QED) is 0.605. The zero-order valence-corrected chi connectivity index (χ0v) is 16.8. The molecule has 8 heteroatoms. The molecule has 154 valence electrons. The zero-order valence-electron chi connectivity index (χ0n) is 16.8. The number of hydrogen-bond donors (Lipinski definition) is 2. The molecular weight excluding hydrogens is 370 g/mol. The van der Waals surface area contributed by atoms with Crippen molar-refractivity contribution >= 4 is 23.3 Å². The van der Waals surface area contributed by atoms with Crippen molar-refractivity contribution in [2.24, 2.45) is 5.92 Å². The Bertz CT molecular complexity index is 941. The Morgan fingerprint density at radius 1 is 1.21 bits per heavy atom. The summed E-state index contributed by atoms with van der Waals surface area (Å²) in [6.45, 7) is 5.50. The molecule has 3 aliphatic heterocycles. The van der Waals surface area contributed by atoms with E-state index >= 15 is 0 Å². The number of H-pyrrole nitrogens is 1. The first-order valence-corrected chi connectivity index (χ1v) is 10.5. The Balaban J connectivity index is 1.31. The Morgan fingerprint density at radius 2 is 1.97 bits per heavy atom. The van der Waals surface area contributed by atoms with E-state index in [1.807, 2.05) is 12.5 Å². The van der Waals surface area contributed by atoms with Crippen LogP contribution in [0.15, 0.2) is 24.7 Å². The first-order valence-electron chi connectivity index (χ1n) is 10.5. The van der Waals surface area contributed by atoms with Gasteiger partial charge in [-0.05, 0) is 37.3 Å². The van der Waals surface area contributed by atoms with Crippen LogP contribution < -0.4 is 14.6 Å². The van der Waals surface area contributed by atoms with Gasteiger partial charge in [0.1, 0.15) is 11.1 Å². The molecule has 1 spiro atoms. The minimum atomic E-state index is -0.746. The summed E-state index contributed by atoms with van der Waals surface area (Å²) in [6.07, 6.45) is 7.01. The number of fused-ring (bicyclic) bond motifs is 1. The number of nitrogens with one attached hydrogen (secondary N) is 2. The Kier molecular flexibility index (Phi) is 4.46. The van der Waals surface area contributed by atoms with E-state index in [0.717, 1.165) is 50.5 Å². The van der Waals surface area contributed by atoms with Crippen LogP contribution in [0.1, 0.15) is 31.2 Å². The van der Waals surface area contributed by atoms with Gasteiger partial charge in [0.15, 0.2) is 6.33 Å². The maximum Gasteiger partial charge on any atom is 0.325 e. The number of hydrogen-bond acceptors (Lipinski definition) is 4. The number of piperidine rings is 1. The summed E-state index contributed by atoms with van der Waals surface area (Å²) in [5, 5.41) is 3.04. The smallest absolute Gasteiger partial charge is 0.325 e. The summed E-state index contributed by atoms with van der Waals surface area (Å²) in [5.74, 6) is 1.42. The lowest BCUT2D eigenvalue weighted by Crippen LogP contribution is -2.56. The number of urea groups is 1. The van der Waals surface area contributed by atoms with E-state index in [1.165, 1.54) is 10.5 Å². The average molecular weight is 398 g/mol. The van der Waals surface area contributed by atoms with Crippen LogP contribution in [0.5, 0.6) is 0 Å². The van der Waals surface area contributed by atoms with Crippen LogP contribution in [0.2, 0.25) is 0 Å². The lowest BCUT2D eigenvalue weighted by Gasteiger charge is -2.35. The van der Waals surface area contributed by atoms with Crippen molar-refractivity contribution in [2.45, 2.75) is 38.1 Å². The molecule has 8 nitrogen and oxygen atoms in total. The third kappa shape index (κ3) is 3.15. The lowest BCUT2D eigenvalue weighted by molar-refractivity contribution is -0.497. The molecule has 2 aromatic heterocycles. The second-order valence-electron chi connectivity index (χ2n) is 8.60. The maximum atomic E-state index is 13.2. The van der Waals surface area contributed by atoms with Gasteiger partial charge in [0.2, 0.25) is 5.82 Å². The molecule has 5 heterocycles. The molecule has 0 atom stereocenters. The number of nitrogens with zero attached hydrogens (tertiary/aromatic N) is 3. The normalized spacial score (nSPS) is 22.7. The number of rotatable bonds is 3. The van der Waals surface area contributed by atoms with Crippen LogP contribution in [0.25, 0.3) is 5.52 Å². The number of carbonyl (C=O) groups excluding carboxylic acids is 2. The summed E-state index contributed by atoms with van der Waals surface area (Å²) in [7, 11) is 0. The molecule has 0 radical (unpaired) electrons. The molecule has 0 aromatic carbocycles. The summed E-state index contributed by atoms with van der Waals surface area (Å²) in [4.78, 5) is 32.7. The van der Waals surface area contributed by atoms with Gasteiger partial charge < -0.3 is 10.1 Å². The number of aromatic amines is 1. The van der Waals surface area contributed by atoms with Crippen LogP contribution in [0.3, 0.4) is 0 Å². The highest BCUT2D eigenvalue weighted by Gasteiger charge is 2.53. The van der Waals surface area contributed by atoms with Gasteiger partial charge >= 0.3 is 6.03 Å². The van der Waals surface area contributed by atoms with Crippen molar-refractivity contribution in [3.63, 3.8) is 0 Å². The number of pyridine rings is 1. The topological polar surface area (TPSA) is 81.8 Å². The first kappa shape index (κ1) is 18.4. The molecule has 3 saturated heterocycles. The molecule has 0 aliphatic carbocycles. The molecule has 0 bridgehead atoms. The Hall–Kier alpha value is -2.61. The fourth-order valence-corrected chi connectivity index (χ4v) is 4.93. The third-order valence-corrected chi connectivity index (χ3v) is 6.66. The predicted octanol–water partition coefficient (Wildman–Crippen LogP) is 1.38. The van der Waals surface area contributed by atoms with Gasteiger partial charge in [0.05, 0.1) is 19.3 Å². The first-order chi connectivity index (χ1) is 14.1. The van der Waals surface area contributed by atoms with Gasteiger partial charge in [0, 0.05) is 38.7 Å². The zero-order chi connectivity index (χ0) is 20.0. The summed E-state index contributed by atoms with van der Waals surface area (Å²) in [6, 6.07) is 4.08. The van der Waals surface area contributed by atoms with Gasteiger partial charge in [-0.25, -0.2) is 9.20 Å². The largest absolute Gasteiger partial charge is 0.381 e. The summed E-state index contributed by atoms with van der Waals surface area (Å²) in [5.41, 5.74) is 1.57. The second-order valence-corrected chi connectivity index (χ2v) is 8.60. The number of aryl methyl sites for hydroxylation is 1. The van der Waals surface area contributed by atoms with Gasteiger partial charge in [-0.15, -0.1) is 0 Å². The van der Waals surface area contributed by atoms with Gasteiger partial charge in [-0.1, -0.05) is 0 Å². The van der Waals surface area contributed by atoms with Gasteiger partial charge in [0.25, 0.3) is 5.91 Å². The molecule has 3 fully saturated rings. The molecule has 0 saturated carbocycles. The summed E-state index contributed by atoms with van der Waals surface area (Å²) >= 11 is 0. The maximum absolute atomic E-state index is 13.2. The molecule has 29 heavy (non-hydrogen) atoms. The highest BCUT2D eigenvalue weighted by molar-refractivity contribution is 6.07. The molecule has 5 rings (SSSR count). The van der Waals surface area contributed by atoms with E-state index in [-0.39, 0.29) is 11.9 Å². The van der Waals surface area contributed by atoms with Crippen LogP contribution in [0, 0.1) is 12.8 Å². The average Bonchev–Trinajstić information content (AvgIpc) is 3.28.